The molecule has 1 N–H and O–H groups in total. The molecule has 3 rings (SSSR count). The Bertz CT molecular complexity index is 854. The minimum Gasteiger partial charge on any atom is -0.494 e. The van der Waals surface area contributed by atoms with Gasteiger partial charge >= 0.3 is 0 Å². The summed E-state index contributed by atoms with van der Waals surface area (Å²) < 4.78 is 11.3. The van der Waals surface area contributed by atoms with E-state index >= 15 is 0 Å². The van der Waals surface area contributed by atoms with Crippen LogP contribution in [0, 0.1) is 5.92 Å². The summed E-state index contributed by atoms with van der Waals surface area (Å²) >= 11 is 6.10. The molecule has 1 heterocycles. The third kappa shape index (κ3) is 4.75. The molecule has 1 aliphatic heterocycles. The summed E-state index contributed by atoms with van der Waals surface area (Å²) in [5.74, 6) is 1.23. The van der Waals surface area contributed by atoms with Crippen molar-refractivity contribution in [1.29, 1.82) is 0 Å². The Morgan fingerprint density at radius 2 is 1.89 bits per heavy atom. The molecule has 2 amide bonds. The lowest BCUT2D eigenvalue weighted by atomic mass is 10.1. The van der Waals surface area contributed by atoms with Gasteiger partial charge in [0.1, 0.15) is 11.5 Å². The highest BCUT2D eigenvalue weighted by atomic mass is 35.5. The molecule has 2 aromatic rings. The highest BCUT2D eigenvalue weighted by molar-refractivity contribution is 6.31. The molecule has 1 saturated heterocycles. The fraction of sp³-hybridized carbons (Fsp3) is 0.333. The van der Waals surface area contributed by atoms with Crippen LogP contribution in [0.3, 0.4) is 0 Å². The maximum absolute atomic E-state index is 12.6. The normalized spacial score (nSPS) is 16.2. The first-order valence-corrected chi connectivity index (χ1v) is 9.66. The van der Waals surface area contributed by atoms with Gasteiger partial charge in [-0.3, -0.25) is 9.59 Å². The van der Waals surface area contributed by atoms with E-state index in [-0.39, 0.29) is 24.2 Å². The molecule has 0 aromatic heterocycles. The quantitative estimate of drug-likeness (QED) is 0.748. The lowest BCUT2D eigenvalue weighted by molar-refractivity contribution is -0.128. The van der Waals surface area contributed by atoms with Gasteiger partial charge in [-0.1, -0.05) is 11.6 Å². The van der Waals surface area contributed by atoms with Crippen molar-refractivity contribution in [2.45, 2.75) is 20.3 Å². The monoisotopic (exact) mass is 402 g/mol. The van der Waals surface area contributed by atoms with Crippen LogP contribution in [0.4, 0.5) is 5.69 Å². The number of carbonyl (C=O) groups is 2. The van der Waals surface area contributed by atoms with Crippen LogP contribution in [0.25, 0.3) is 0 Å². The topological polar surface area (TPSA) is 67.9 Å². The Labute approximate surface area is 169 Å². The largest absolute Gasteiger partial charge is 0.494 e. The van der Waals surface area contributed by atoms with E-state index in [0.717, 1.165) is 5.75 Å². The SMILES string of the molecule is CCOc1ccc(Oc2ccc(Cl)cc2NC(=O)C2CC(=O)N(CC)C2)cc1. The van der Waals surface area contributed by atoms with E-state index in [1.807, 2.05) is 26.0 Å². The number of halogens is 1. The van der Waals surface area contributed by atoms with Crippen molar-refractivity contribution in [3.05, 3.63) is 47.5 Å². The summed E-state index contributed by atoms with van der Waals surface area (Å²) in [6.45, 7) is 5.44. The van der Waals surface area contributed by atoms with Gasteiger partial charge in [0.05, 0.1) is 18.2 Å². The molecule has 2 aromatic carbocycles. The van der Waals surface area contributed by atoms with Gasteiger partial charge in [-0.2, -0.15) is 0 Å². The number of ether oxygens (including phenoxy) is 2. The van der Waals surface area contributed by atoms with Gasteiger partial charge in [-0.25, -0.2) is 0 Å². The number of carbonyl (C=O) groups excluding carboxylic acids is 2. The highest BCUT2D eigenvalue weighted by Gasteiger charge is 2.33. The Balaban J connectivity index is 1.73. The smallest absolute Gasteiger partial charge is 0.229 e. The standard InChI is InChI=1S/C21H23ClN2O4/c1-3-24-13-14(11-20(24)25)21(26)23-18-12-15(22)5-10-19(18)28-17-8-6-16(7-9-17)27-4-2/h5-10,12,14H,3-4,11,13H2,1-2H3,(H,23,26). The number of hydrogen-bond acceptors (Lipinski definition) is 4. The number of hydrogen-bond donors (Lipinski definition) is 1. The van der Waals surface area contributed by atoms with Crippen LogP contribution in [-0.4, -0.2) is 36.4 Å². The van der Waals surface area contributed by atoms with Crippen LogP contribution in [0.15, 0.2) is 42.5 Å². The van der Waals surface area contributed by atoms with E-state index in [1.54, 1.807) is 35.2 Å². The Morgan fingerprint density at radius 1 is 1.18 bits per heavy atom. The minimum atomic E-state index is -0.384. The second-order valence-electron chi connectivity index (χ2n) is 6.47. The van der Waals surface area contributed by atoms with Crippen LogP contribution in [0.2, 0.25) is 5.02 Å². The van der Waals surface area contributed by atoms with E-state index in [2.05, 4.69) is 5.32 Å². The molecule has 1 atom stereocenters. The van der Waals surface area contributed by atoms with Crippen molar-refractivity contribution in [2.75, 3.05) is 25.0 Å². The van der Waals surface area contributed by atoms with Gasteiger partial charge in [0.25, 0.3) is 0 Å². The molecule has 6 nitrogen and oxygen atoms in total. The molecule has 0 saturated carbocycles. The first-order chi connectivity index (χ1) is 13.5. The number of anilines is 1. The summed E-state index contributed by atoms with van der Waals surface area (Å²) in [6.07, 6.45) is 0.218. The van der Waals surface area contributed by atoms with Crippen molar-refractivity contribution >= 4 is 29.1 Å². The van der Waals surface area contributed by atoms with E-state index in [1.165, 1.54) is 0 Å². The molecular weight excluding hydrogens is 380 g/mol. The predicted molar refractivity (Wildman–Crippen MR) is 108 cm³/mol. The number of likely N-dealkylation sites (tertiary alicyclic amines) is 1. The summed E-state index contributed by atoms with van der Waals surface area (Å²) in [5.41, 5.74) is 0.466. The maximum Gasteiger partial charge on any atom is 0.229 e. The van der Waals surface area contributed by atoms with Crippen LogP contribution in [0.5, 0.6) is 17.2 Å². The third-order valence-electron chi connectivity index (χ3n) is 4.53. The summed E-state index contributed by atoms with van der Waals surface area (Å²) in [5, 5.41) is 3.34. The summed E-state index contributed by atoms with van der Waals surface area (Å²) in [4.78, 5) is 26.2. The third-order valence-corrected chi connectivity index (χ3v) is 4.76. The molecule has 1 fully saturated rings. The molecule has 0 aliphatic carbocycles. The van der Waals surface area contributed by atoms with Gasteiger partial charge in [0.15, 0.2) is 5.75 Å². The highest BCUT2D eigenvalue weighted by Crippen LogP contribution is 2.33. The molecule has 0 spiro atoms. The number of rotatable bonds is 7. The van der Waals surface area contributed by atoms with Crippen molar-refractivity contribution < 1.29 is 19.1 Å². The predicted octanol–water partition coefficient (Wildman–Crippen LogP) is 4.34. The van der Waals surface area contributed by atoms with Crippen molar-refractivity contribution in [1.82, 2.24) is 4.90 Å². The summed E-state index contributed by atoms with van der Waals surface area (Å²) in [6, 6.07) is 12.2. The fourth-order valence-corrected chi connectivity index (χ4v) is 3.25. The van der Waals surface area contributed by atoms with Crippen molar-refractivity contribution in [2.24, 2.45) is 5.92 Å². The van der Waals surface area contributed by atoms with Crippen LogP contribution in [-0.2, 0) is 9.59 Å². The zero-order valence-corrected chi connectivity index (χ0v) is 16.7. The molecule has 7 heteroatoms. The van der Waals surface area contributed by atoms with E-state index in [0.29, 0.717) is 41.9 Å². The van der Waals surface area contributed by atoms with E-state index < -0.39 is 0 Å². The maximum atomic E-state index is 12.6. The Hall–Kier alpha value is -2.73. The van der Waals surface area contributed by atoms with Gasteiger partial charge in [0.2, 0.25) is 11.8 Å². The Kier molecular flexibility index (Phi) is 6.41. The lowest BCUT2D eigenvalue weighted by Crippen LogP contribution is -2.28. The van der Waals surface area contributed by atoms with Crippen molar-refractivity contribution in [3.8, 4) is 17.2 Å². The van der Waals surface area contributed by atoms with Crippen LogP contribution < -0.4 is 14.8 Å². The van der Waals surface area contributed by atoms with Crippen LogP contribution >= 0.6 is 11.6 Å². The Morgan fingerprint density at radius 3 is 2.54 bits per heavy atom. The zero-order chi connectivity index (χ0) is 20.1. The molecule has 28 heavy (non-hydrogen) atoms. The van der Waals surface area contributed by atoms with Gasteiger partial charge < -0.3 is 19.7 Å². The number of benzene rings is 2. The minimum absolute atomic E-state index is 0.000365. The number of nitrogens with one attached hydrogen (secondary N) is 1. The zero-order valence-electron chi connectivity index (χ0n) is 15.9. The van der Waals surface area contributed by atoms with Crippen LogP contribution in [0.1, 0.15) is 20.3 Å². The molecular formula is C21H23ClN2O4. The molecule has 1 unspecified atom stereocenters. The lowest BCUT2D eigenvalue weighted by Gasteiger charge is -2.16. The number of amides is 2. The molecule has 148 valence electrons. The average molecular weight is 403 g/mol. The van der Waals surface area contributed by atoms with Crippen molar-refractivity contribution in [3.63, 3.8) is 0 Å². The molecule has 1 aliphatic rings. The van der Waals surface area contributed by atoms with E-state index in [9.17, 15) is 9.59 Å². The second kappa shape index (κ2) is 8.97. The average Bonchev–Trinajstić information content (AvgIpc) is 3.06. The molecule has 0 radical (unpaired) electrons. The second-order valence-corrected chi connectivity index (χ2v) is 6.91. The first-order valence-electron chi connectivity index (χ1n) is 9.29. The fourth-order valence-electron chi connectivity index (χ4n) is 3.07. The molecule has 0 bridgehead atoms. The first kappa shape index (κ1) is 20.0. The van der Waals surface area contributed by atoms with E-state index in [4.69, 9.17) is 21.1 Å². The van der Waals surface area contributed by atoms with Gasteiger partial charge in [0, 0.05) is 24.5 Å². The number of nitrogens with zero attached hydrogens (tertiary/aromatic N) is 1. The summed E-state index contributed by atoms with van der Waals surface area (Å²) in [7, 11) is 0. The van der Waals surface area contributed by atoms with Gasteiger partial charge in [-0.15, -0.1) is 0 Å². The van der Waals surface area contributed by atoms with Gasteiger partial charge in [-0.05, 0) is 56.3 Å².